The fraction of sp³-hybridized carbons (Fsp3) is 0.200. The molecule has 0 radical (unpaired) electrons. The van der Waals surface area contributed by atoms with Crippen molar-refractivity contribution >= 4 is 40.7 Å². The highest BCUT2D eigenvalue weighted by Crippen LogP contribution is 2.15. The van der Waals surface area contributed by atoms with Gasteiger partial charge in [-0.05, 0) is 18.6 Å². The van der Waals surface area contributed by atoms with E-state index in [4.69, 9.17) is 34.7 Å². The highest BCUT2D eigenvalue weighted by molar-refractivity contribution is 6.52. The third-order valence-electron chi connectivity index (χ3n) is 2.06. The lowest BCUT2D eigenvalue weighted by Gasteiger charge is -2.07. The van der Waals surface area contributed by atoms with Crippen LogP contribution in [0.3, 0.4) is 0 Å². The number of carbonyl (C=O) groups is 1. The van der Waals surface area contributed by atoms with Gasteiger partial charge in [0.05, 0.1) is 0 Å². The number of nitrogen functional groups attached to an aromatic ring is 1. The SMILES string of the molecule is Cc1c(N)cccc1/C(N)=N/OC(=O)C(Cl)Cl. The molecule has 17 heavy (non-hydrogen) atoms. The first-order valence-electron chi connectivity index (χ1n) is 4.61. The molecule has 0 saturated heterocycles. The van der Waals surface area contributed by atoms with Gasteiger partial charge in [-0.1, -0.05) is 40.5 Å². The minimum atomic E-state index is -1.30. The van der Waals surface area contributed by atoms with Gasteiger partial charge in [-0.3, -0.25) is 0 Å². The highest BCUT2D eigenvalue weighted by atomic mass is 35.5. The number of nitrogens with zero attached hydrogens (tertiary/aromatic N) is 1. The second-order valence-electron chi connectivity index (χ2n) is 3.21. The van der Waals surface area contributed by atoms with Crippen LogP contribution in [0.5, 0.6) is 0 Å². The maximum absolute atomic E-state index is 11.0. The Hall–Kier alpha value is -1.46. The maximum atomic E-state index is 11.0. The molecule has 1 aromatic rings. The molecule has 7 heteroatoms. The average Bonchev–Trinajstić information content (AvgIpc) is 2.29. The smallest absolute Gasteiger partial charge is 0.367 e. The molecule has 0 aromatic heterocycles. The predicted octanol–water partition coefficient (Wildman–Crippen LogP) is 1.54. The topological polar surface area (TPSA) is 90.7 Å². The van der Waals surface area contributed by atoms with Crippen LogP contribution < -0.4 is 11.5 Å². The summed E-state index contributed by atoms with van der Waals surface area (Å²) in [5, 5.41) is 3.44. The second kappa shape index (κ2) is 5.75. The Labute approximate surface area is 108 Å². The summed E-state index contributed by atoms with van der Waals surface area (Å²) in [6.45, 7) is 1.78. The average molecular weight is 276 g/mol. The largest absolute Gasteiger partial charge is 0.398 e. The minimum Gasteiger partial charge on any atom is -0.398 e. The van der Waals surface area contributed by atoms with Crippen LogP contribution in [0.4, 0.5) is 5.69 Å². The van der Waals surface area contributed by atoms with Gasteiger partial charge in [0.15, 0.2) is 5.84 Å². The molecule has 0 bridgehead atoms. The van der Waals surface area contributed by atoms with Crippen LogP contribution in [0.15, 0.2) is 23.4 Å². The summed E-state index contributed by atoms with van der Waals surface area (Å²) in [6.07, 6.45) is 0. The summed E-state index contributed by atoms with van der Waals surface area (Å²) in [6, 6.07) is 5.15. The summed E-state index contributed by atoms with van der Waals surface area (Å²) >= 11 is 10.6. The number of alkyl halides is 2. The van der Waals surface area contributed by atoms with E-state index in [0.717, 1.165) is 5.56 Å². The lowest BCUT2D eigenvalue weighted by atomic mass is 10.1. The van der Waals surface area contributed by atoms with Gasteiger partial charge in [0, 0.05) is 11.3 Å². The lowest BCUT2D eigenvalue weighted by Crippen LogP contribution is -2.18. The predicted molar refractivity (Wildman–Crippen MR) is 67.9 cm³/mol. The van der Waals surface area contributed by atoms with Crippen LogP contribution in [0, 0.1) is 6.92 Å². The molecule has 0 amide bonds. The van der Waals surface area contributed by atoms with E-state index in [9.17, 15) is 4.79 Å². The maximum Gasteiger partial charge on any atom is 0.367 e. The van der Waals surface area contributed by atoms with Crippen molar-refractivity contribution in [2.75, 3.05) is 5.73 Å². The van der Waals surface area contributed by atoms with Crippen molar-refractivity contribution in [3.63, 3.8) is 0 Å². The van der Waals surface area contributed by atoms with E-state index >= 15 is 0 Å². The van der Waals surface area contributed by atoms with Gasteiger partial charge in [-0.2, -0.15) is 0 Å². The lowest BCUT2D eigenvalue weighted by molar-refractivity contribution is -0.141. The number of amidine groups is 1. The third kappa shape index (κ3) is 3.51. The molecule has 0 aliphatic rings. The first-order valence-corrected chi connectivity index (χ1v) is 5.48. The molecule has 1 aromatic carbocycles. The van der Waals surface area contributed by atoms with Crippen molar-refractivity contribution in [2.45, 2.75) is 11.8 Å². The van der Waals surface area contributed by atoms with Crippen LogP contribution in [0.1, 0.15) is 11.1 Å². The molecule has 5 nitrogen and oxygen atoms in total. The first kappa shape index (κ1) is 13.6. The molecule has 0 spiro atoms. The molecular weight excluding hydrogens is 265 g/mol. The quantitative estimate of drug-likeness (QED) is 0.219. The number of nitrogens with two attached hydrogens (primary N) is 2. The van der Waals surface area contributed by atoms with Gasteiger partial charge in [-0.25, -0.2) is 4.79 Å². The van der Waals surface area contributed by atoms with Crippen LogP contribution in [0.2, 0.25) is 0 Å². The van der Waals surface area contributed by atoms with Gasteiger partial charge in [0.1, 0.15) is 0 Å². The molecule has 92 valence electrons. The summed E-state index contributed by atoms with van der Waals surface area (Å²) in [7, 11) is 0. The standard InChI is InChI=1S/C10H11Cl2N3O2/c1-5-6(3-2-4-7(5)13)9(14)15-17-10(16)8(11)12/h2-4,8H,13H2,1H3,(H2,14,15). The van der Waals surface area contributed by atoms with Crippen molar-refractivity contribution in [1.29, 1.82) is 0 Å². The monoisotopic (exact) mass is 275 g/mol. The molecular formula is C10H11Cl2N3O2. The normalized spacial score (nSPS) is 11.6. The number of hydrogen-bond donors (Lipinski definition) is 2. The highest BCUT2D eigenvalue weighted by Gasteiger charge is 2.14. The van der Waals surface area contributed by atoms with Gasteiger partial charge in [0.2, 0.25) is 4.84 Å². The Morgan fingerprint density at radius 1 is 1.47 bits per heavy atom. The number of rotatable bonds is 3. The van der Waals surface area contributed by atoms with Crippen molar-refractivity contribution in [3.8, 4) is 0 Å². The minimum absolute atomic E-state index is 0.0251. The third-order valence-corrected chi connectivity index (χ3v) is 2.42. The number of benzene rings is 1. The molecule has 4 N–H and O–H groups in total. The molecule has 0 saturated carbocycles. The zero-order valence-electron chi connectivity index (χ0n) is 8.98. The summed E-state index contributed by atoms with van der Waals surface area (Å²) < 4.78 is 0. The number of hydrogen-bond acceptors (Lipinski definition) is 4. The van der Waals surface area contributed by atoms with Crippen molar-refractivity contribution < 1.29 is 9.63 Å². The van der Waals surface area contributed by atoms with E-state index in [2.05, 4.69) is 9.99 Å². The van der Waals surface area contributed by atoms with Gasteiger partial charge in [-0.15, -0.1) is 0 Å². The van der Waals surface area contributed by atoms with Crippen molar-refractivity contribution in [1.82, 2.24) is 0 Å². The number of anilines is 1. The summed E-state index contributed by atoms with van der Waals surface area (Å²) in [5.74, 6) is -0.866. The van der Waals surface area contributed by atoms with E-state index in [1.54, 1.807) is 25.1 Å². The zero-order chi connectivity index (χ0) is 13.0. The van der Waals surface area contributed by atoms with Gasteiger partial charge < -0.3 is 16.3 Å². The van der Waals surface area contributed by atoms with Crippen LogP contribution in [-0.2, 0) is 9.63 Å². The van der Waals surface area contributed by atoms with E-state index in [1.807, 2.05) is 0 Å². The van der Waals surface area contributed by atoms with Crippen LogP contribution >= 0.6 is 23.2 Å². The molecule has 0 heterocycles. The summed E-state index contributed by atoms with van der Waals surface area (Å²) in [5.41, 5.74) is 13.2. The molecule has 0 fully saturated rings. The number of carbonyl (C=O) groups excluding carboxylic acids is 1. The molecule has 1 rings (SSSR count). The Bertz CT molecular complexity index is 461. The van der Waals surface area contributed by atoms with Gasteiger partial charge >= 0.3 is 5.97 Å². The Morgan fingerprint density at radius 3 is 2.71 bits per heavy atom. The van der Waals surface area contributed by atoms with E-state index in [-0.39, 0.29) is 5.84 Å². The van der Waals surface area contributed by atoms with E-state index < -0.39 is 10.8 Å². The molecule has 0 atom stereocenters. The van der Waals surface area contributed by atoms with E-state index in [1.165, 1.54) is 0 Å². The molecule has 0 unspecified atom stereocenters. The summed E-state index contributed by atoms with van der Waals surface area (Å²) in [4.78, 5) is 14.1. The number of halogens is 2. The Kier molecular flexibility index (Phi) is 4.60. The van der Waals surface area contributed by atoms with Gasteiger partial charge in [0.25, 0.3) is 0 Å². The van der Waals surface area contributed by atoms with Crippen molar-refractivity contribution in [3.05, 3.63) is 29.3 Å². The second-order valence-corrected chi connectivity index (χ2v) is 4.30. The van der Waals surface area contributed by atoms with Crippen molar-refractivity contribution in [2.24, 2.45) is 10.9 Å². The zero-order valence-corrected chi connectivity index (χ0v) is 10.5. The fourth-order valence-electron chi connectivity index (χ4n) is 1.11. The Balaban J connectivity index is 2.89. The molecule has 0 aliphatic carbocycles. The molecule has 0 aliphatic heterocycles. The van der Waals surface area contributed by atoms with Crippen LogP contribution in [0.25, 0.3) is 0 Å². The van der Waals surface area contributed by atoms with E-state index in [0.29, 0.717) is 11.3 Å². The van der Waals surface area contributed by atoms with Crippen LogP contribution in [-0.4, -0.2) is 16.6 Å². The fourth-order valence-corrected chi connectivity index (χ4v) is 1.19. The first-order chi connectivity index (χ1) is 7.93. The number of oxime groups is 1. The Morgan fingerprint density at radius 2 is 2.12 bits per heavy atom.